The van der Waals surface area contributed by atoms with Crippen LogP contribution < -0.4 is 0 Å². The predicted octanol–water partition coefficient (Wildman–Crippen LogP) is 5.81. The fraction of sp³-hybridized carbons (Fsp3) is 0.684. The maximum Gasteiger partial charge on any atom is 0.234 e. The number of ether oxygens (including phenoxy) is 1. The molecule has 27 heavy (non-hydrogen) atoms. The molecule has 0 radical (unpaired) electrons. The van der Waals surface area contributed by atoms with Crippen LogP contribution in [0.15, 0.2) is 22.9 Å². The Balaban J connectivity index is 2.73. The first-order valence-corrected chi connectivity index (χ1v) is 13.1. The maximum atomic E-state index is 12.7. The van der Waals surface area contributed by atoms with E-state index in [-0.39, 0.29) is 28.5 Å². The zero-order valence-corrected chi connectivity index (χ0v) is 20.6. The highest BCUT2D eigenvalue weighted by atomic mass is 35.5. The van der Waals surface area contributed by atoms with Gasteiger partial charge in [-0.15, -0.1) is 0 Å². The Kier molecular flexibility index (Phi) is 8.57. The number of thiocarbonyl (C=S) groups is 1. The molecule has 1 heterocycles. The number of halogens is 2. The van der Waals surface area contributed by atoms with Gasteiger partial charge in [-0.2, -0.15) is 0 Å². The highest BCUT2D eigenvalue weighted by Crippen LogP contribution is 2.39. The van der Waals surface area contributed by atoms with Gasteiger partial charge >= 0.3 is 0 Å². The minimum atomic E-state index is -1.84. The van der Waals surface area contributed by atoms with Gasteiger partial charge in [-0.1, -0.05) is 50.6 Å². The predicted molar refractivity (Wildman–Crippen MR) is 120 cm³/mol. The van der Waals surface area contributed by atoms with Crippen molar-refractivity contribution in [1.29, 1.82) is 0 Å². The molecular formula is C19H31Cl2NO3SSi. The molecule has 1 aliphatic rings. The van der Waals surface area contributed by atoms with Gasteiger partial charge in [-0.05, 0) is 56.2 Å². The summed E-state index contributed by atoms with van der Waals surface area (Å²) in [7, 11) is -1.84. The third kappa shape index (κ3) is 6.04. The second-order valence-electron chi connectivity index (χ2n) is 8.53. The van der Waals surface area contributed by atoms with Gasteiger partial charge in [0, 0.05) is 11.6 Å². The topological polar surface area (TPSA) is 38.8 Å². The van der Waals surface area contributed by atoms with E-state index in [1.54, 1.807) is 0 Å². The number of nitrogens with zero attached hydrogens (tertiary/aromatic N) is 1. The first-order valence-electron chi connectivity index (χ1n) is 8.99. The number of alkyl halides is 1. The molecule has 154 valence electrons. The van der Waals surface area contributed by atoms with Crippen molar-refractivity contribution >= 4 is 54.7 Å². The van der Waals surface area contributed by atoms with Crippen LogP contribution >= 0.6 is 35.4 Å². The van der Waals surface area contributed by atoms with Crippen LogP contribution in [0.25, 0.3) is 0 Å². The third-order valence-electron chi connectivity index (χ3n) is 5.10. The van der Waals surface area contributed by atoms with E-state index in [1.165, 1.54) is 4.90 Å². The van der Waals surface area contributed by atoms with Gasteiger partial charge in [0.15, 0.2) is 8.32 Å². The number of likely N-dealkylation sites (tertiary alicyclic amines) is 1. The first-order chi connectivity index (χ1) is 12.2. The molecule has 2 atom stereocenters. The molecule has 0 bridgehead atoms. The quantitative estimate of drug-likeness (QED) is 0.116. The van der Waals surface area contributed by atoms with E-state index in [1.807, 2.05) is 13.8 Å². The summed E-state index contributed by atoms with van der Waals surface area (Å²) in [5.41, 5.74) is 0.927. The number of β-lactam (4-membered cyclic amide) rings is 1. The van der Waals surface area contributed by atoms with Crippen LogP contribution in [0.3, 0.4) is 0 Å². The van der Waals surface area contributed by atoms with E-state index in [0.717, 1.165) is 5.57 Å². The average Bonchev–Trinajstić information content (AvgIpc) is 2.52. The molecule has 1 rings (SSSR count). The molecule has 8 heteroatoms. The van der Waals surface area contributed by atoms with Crippen molar-refractivity contribution in [2.24, 2.45) is 5.92 Å². The lowest BCUT2D eigenvalue weighted by molar-refractivity contribution is -0.147. The summed E-state index contributed by atoms with van der Waals surface area (Å²) in [5, 5.41) is 0.670. The number of hydrogen-bond acceptors (Lipinski definition) is 4. The van der Waals surface area contributed by atoms with Crippen molar-refractivity contribution in [2.45, 2.75) is 64.7 Å². The van der Waals surface area contributed by atoms with Crippen LogP contribution in [0.5, 0.6) is 0 Å². The normalized spacial score (nSPS) is 20.2. The summed E-state index contributed by atoms with van der Waals surface area (Å²) in [6.45, 7) is 18.9. The number of carbonyl (C=O) groups excluding carboxylic acids is 1. The Morgan fingerprint density at radius 3 is 2.30 bits per heavy atom. The molecule has 0 aliphatic carbocycles. The molecule has 1 saturated heterocycles. The molecule has 4 nitrogen and oxygen atoms in total. The maximum absolute atomic E-state index is 12.7. The third-order valence-corrected chi connectivity index (χ3v) is 10.6. The number of hydrogen-bond donors (Lipinski definition) is 0. The number of allylic oxidation sites excluding steroid dienone is 1. The number of rotatable bonds is 8. The van der Waals surface area contributed by atoms with Gasteiger partial charge in [0.2, 0.25) is 11.0 Å². The Morgan fingerprint density at radius 2 is 1.89 bits per heavy atom. The Bertz CT molecular complexity index is 639. The van der Waals surface area contributed by atoms with E-state index in [2.05, 4.69) is 40.4 Å². The van der Waals surface area contributed by atoms with Crippen LogP contribution in [0.1, 0.15) is 41.0 Å². The van der Waals surface area contributed by atoms with Crippen molar-refractivity contribution in [1.82, 2.24) is 4.90 Å². The van der Waals surface area contributed by atoms with Gasteiger partial charge < -0.3 is 9.16 Å². The molecule has 0 spiro atoms. The second kappa shape index (κ2) is 9.40. The zero-order valence-electron chi connectivity index (χ0n) is 17.3. The summed E-state index contributed by atoms with van der Waals surface area (Å²) in [4.78, 5) is 14.2. The number of carbonyl (C=O) groups is 1. The van der Waals surface area contributed by atoms with Gasteiger partial charge in [-0.3, -0.25) is 9.69 Å². The summed E-state index contributed by atoms with van der Waals surface area (Å²) in [6.07, 6.45) is 0.595. The van der Waals surface area contributed by atoms with Crippen molar-refractivity contribution in [3.8, 4) is 0 Å². The SMILES string of the molecule is C=C(Cl)COC(=S)C(=C(C)C)N1C(=O)[C@H](CCO[Si](C)(C)C(C)(C)C)[C@H]1Cl. The molecule has 0 unspecified atom stereocenters. The molecule has 0 aromatic rings. The van der Waals surface area contributed by atoms with Crippen LogP contribution in [-0.4, -0.2) is 42.9 Å². The molecule has 1 amide bonds. The van der Waals surface area contributed by atoms with Crippen LogP contribution in [0.4, 0.5) is 0 Å². The molecule has 0 aromatic heterocycles. The van der Waals surface area contributed by atoms with Gasteiger partial charge in [0.25, 0.3) is 0 Å². The monoisotopic (exact) mass is 451 g/mol. The van der Waals surface area contributed by atoms with Crippen molar-refractivity contribution < 1.29 is 14.0 Å². The largest absolute Gasteiger partial charge is 0.476 e. The van der Waals surface area contributed by atoms with Gasteiger partial charge in [0.05, 0.1) is 11.6 Å². The molecule has 1 aliphatic heterocycles. The van der Waals surface area contributed by atoms with Gasteiger partial charge in [0.1, 0.15) is 12.1 Å². The highest BCUT2D eigenvalue weighted by molar-refractivity contribution is 7.80. The Labute approximate surface area is 180 Å². The standard InChI is InChI=1S/C19H31Cl2NO3SSi/c1-12(2)15(18(26)24-11-13(3)20)22-16(21)14(17(22)23)9-10-25-27(7,8)19(4,5)6/h14,16H,3,9-11H2,1-2,4-8H3/t14-,16+/m1/s1. The lowest BCUT2D eigenvalue weighted by Crippen LogP contribution is -2.59. The molecule has 1 fully saturated rings. The summed E-state index contributed by atoms with van der Waals surface area (Å²) in [6, 6.07) is 0. The summed E-state index contributed by atoms with van der Waals surface area (Å²) in [5.74, 6) is -0.336. The Morgan fingerprint density at radius 1 is 1.33 bits per heavy atom. The van der Waals surface area contributed by atoms with E-state index in [0.29, 0.717) is 23.8 Å². The minimum Gasteiger partial charge on any atom is -0.476 e. The van der Waals surface area contributed by atoms with Crippen LogP contribution in [0.2, 0.25) is 18.1 Å². The van der Waals surface area contributed by atoms with Crippen molar-refractivity contribution in [3.05, 3.63) is 22.9 Å². The fourth-order valence-corrected chi connectivity index (χ4v) is 4.33. The first kappa shape index (κ1) is 24.6. The average molecular weight is 453 g/mol. The lowest BCUT2D eigenvalue weighted by atomic mass is 9.93. The smallest absolute Gasteiger partial charge is 0.234 e. The van der Waals surface area contributed by atoms with E-state index < -0.39 is 13.8 Å². The zero-order chi connectivity index (χ0) is 21.2. The van der Waals surface area contributed by atoms with Gasteiger partial charge in [-0.25, -0.2) is 0 Å². The molecular weight excluding hydrogens is 421 g/mol. The summed E-state index contributed by atoms with van der Waals surface area (Å²) >= 11 is 17.6. The fourth-order valence-electron chi connectivity index (χ4n) is 2.42. The van der Waals surface area contributed by atoms with Crippen molar-refractivity contribution in [2.75, 3.05) is 13.2 Å². The minimum absolute atomic E-state index is 0.0549. The van der Waals surface area contributed by atoms with E-state index in [4.69, 9.17) is 44.6 Å². The van der Waals surface area contributed by atoms with Crippen molar-refractivity contribution in [3.63, 3.8) is 0 Å². The number of amides is 1. The summed E-state index contributed by atoms with van der Waals surface area (Å²) < 4.78 is 11.6. The van der Waals surface area contributed by atoms with Crippen LogP contribution in [-0.2, 0) is 14.0 Å². The van der Waals surface area contributed by atoms with E-state index in [9.17, 15) is 4.79 Å². The molecule has 0 saturated carbocycles. The molecule has 0 N–H and O–H groups in total. The second-order valence-corrected chi connectivity index (χ2v) is 14.7. The van der Waals surface area contributed by atoms with Crippen LogP contribution in [0, 0.1) is 5.92 Å². The highest BCUT2D eigenvalue weighted by Gasteiger charge is 2.49. The van der Waals surface area contributed by atoms with E-state index >= 15 is 0 Å². The Hall–Kier alpha value is -0.403. The lowest BCUT2D eigenvalue weighted by Gasteiger charge is -2.45. The molecule has 0 aromatic carbocycles.